The summed E-state index contributed by atoms with van der Waals surface area (Å²) < 4.78 is 38.0. The first-order valence-electron chi connectivity index (χ1n) is 5.11. The van der Waals surface area contributed by atoms with Crippen molar-refractivity contribution in [1.82, 2.24) is 4.98 Å². The highest BCUT2D eigenvalue weighted by molar-refractivity contribution is 5.83. The summed E-state index contributed by atoms with van der Waals surface area (Å²) in [5, 5.41) is 0.858. The third-order valence-electron chi connectivity index (χ3n) is 2.63. The lowest BCUT2D eigenvalue weighted by atomic mass is 10.1. The fourth-order valence-corrected chi connectivity index (χ4v) is 1.74. The molecule has 0 saturated carbocycles. The molecular weight excluding hydrogens is 215 g/mol. The van der Waals surface area contributed by atoms with Crippen LogP contribution in [-0.4, -0.2) is 24.0 Å². The highest BCUT2D eigenvalue weighted by atomic mass is 19.2. The number of nitrogens with one attached hydrogen (secondary N) is 1. The van der Waals surface area contributed by atoms with E-state index >= 15 is 0 Å². The maximum atomic E-state index is 13.3. The summed E-state index contributed by atoms with van der Waals surface area (Å²) >= 11 is 0. The molecule has 0 amide bonds. The van der Waals surface area contributed by atoms with E-state index in [4.69, 9.17) is 0 Å². The Morgan fingerprint density at radius 3 is 2.62 bits per heavy atom. The fourth-order valence-electron chi connectivity index (χ4n) is 1.74. The summed E-state index contributed by atoms with van der Waals surface area (Å²) in [6.45, 7) is -1.27. The van der Waals surface area contributed by atoms with E-state index in [0.717, 1.165) is 10.9 Å². The predicted molar refractivity (Wildman–Crippen MR) is 57.8 cm³/mol. The SMILES string of the molecule is FC[C@@H](F)[C@H](F)Cc1c[nH]c2ccccc12. The average Bonchev–Trinajstić information content (AvgIpc) is 2.72. The molecule has 86 valence electrons. The maximum absolute atomic E-state index is 13.3. The lowest BCUT2D eigenvalue weighted by Crippen LogP contribution is -2.21. The van der Waals surface area contributed by atoms with Crippen molar-refractivity contribution >= 4 is 10.9 Å². The molecule has 2 aromatic rings. The molecule has 0 radical (unpaired) electrons. The van der Waals surface area contributed by atoms with Gasteiger partial charge in [0.25, 0.3) is 0 Å². The zero-order valence-electron chi connectivity index (χ0n) is 8.59. The molecule has 16 heavy (non-hydrogen) atoms. The summed E-state index contributed by atoms with van der Waals surface area (Å²) in [6.07, 6.45) is -2.28. The Morgan fingerprint density at radius 2 is 1.88 bits per heavy atom. The molecule has 2 atom stereocenters. The van der Waals surface area contributed by atoms with E-state index in [1.165, 1.54) is 0 Å². The Hall–Kier alpha value is -1.45. The van der Waals surface area contributed by atoms with E-state index in [1.807, 2.05) is 24.3 Å². The molecule has 1 N–H and O–H groups in total. The number of alkyl halides is 3. The van der Waals surface area contributed by atoms with E-state index < -0.39 is 19.0 Å². The molecule has 0 spiro atoms. The van der Waals surface area contributed by atoms with Crippen LogP contribution >= 0.6 is 0 Å². The zero-order valence-corrected chi connectivity index (χ0v) is 8.59. The Labute approximate surface area is 91.3 Å². The number of para-hydroxylation sites is 1. The van der Waals surface area contributed by atoms with Crippen LogP contribution in [0.5, 0.6) is 0 Å². The minimum atomic E-state index is -2.03. The fraction of sp³-hybridized carbons (Fsp3) is 0.333. The van der Waals surface area contributed by atoms with Gasteiger partial charge in [-0.05, 0) is 11.6 Å². The molecule has 0 aliphatic carbocycles. The lowest BCUT2D eigenvalue weighted by molar-refractivity contribution is 0.137. The number of H-pyrrole nitrogens is 1. The quantitative estimate of drug-likeness (QED) is 0.824. The molecule has 2 rings (SSSR count). The van der Waals surface area contributed by atoms with Crippen molar-refractivity contribution in [3.05, 3.63) is 36.0 Å². The second-order valence-electron chi connectivity index (χ2n) is 3.75. The molecule has 1 nitrogen and oxygen atoms in total. The number of halogens is 3. The molecule has 1 aromatic carbocycles. The number of hydrogen-bond donors (Lipinski definition) is 1. The van der Waals surface area contributed by atoms with Gasteiger partial charge in [-0.3, -0.25) is 0 Å². The first-order chi connectivity index (χ1) is 7.72. The molecular formula is C12H12F3N. The Bertz CT molecular complexity index is 466. The minimum Gasteiger partial charge on any atom is -0.361 e. The summed E-state index contributed by atoms with van der Waals surface area (Å²) in [5.74, 6) is 0. The van der Waals surface area contributed by atoms with Crippen LogP contribution in [0.2, 0.25) is 0 Å². The second-order valence-corrected chi connectivity index (χ2v) is 3.75. The van der Waals surface area contributed by atoms with Crippen molar-refractivity contribution in [1.29, 1.82) is 0 Å². The van der Waals surface area contributed by atoms with Gasteiger partial charge in [-0.2, -0.15) is 0 Å². The van der Waals surface area contributed by atoms with E-state index in [-0.39, 0.29) is 6.42 Å². The van der Waals surface area contributed by atoms with Gasteiger partial charge < -0.3 is 4.98 Å². The van der Waals surface area contributed by atoms with Crippen LogP contribution in [0.4, 0.5) is 13.2 Å². The Kier molecular flexibility index (Phi) is 3.17. The molecule has 1 heterocycles. The van der Waals surface area contributed by atoms with Crippen LogP contribution in [0.1, 0.15) is 5.56 Å². The van der Waals surface area contributed by atoms with Crippen LogP contribution in [-0.2, 0) is 6.42 Å². The van der Waals surface area contributed by atoms with Crippen LogP contribution < -0.4 is 0 Å². The third kappa shape index (κ3) is 2.05. The first kappa shape index (κ1) is 11.0. The predicted octanol–water partition coefficient (Wildman–Crippen LogP) is 3.36. The van der Waals surface area contributed by atoms with Gasteiger partial charge in [0.1, 0.15) is 12.8 Å². The van der Waals surface area contributed by atoms with Crippen LogP contribution in [0.3, 0.4) is 0 Å². The zero-order chi connectivity index (χ0) is 11.5. The second kappa shape index (κ2) is 4.60. The van der Waals surface area contributed by atoms with Crippen LogP contribution in [0, 0.1) is 0 Å². The van der Waals surface area contributed by atoms with Gasteiger partial charge in [-0.1, -0.05) is 18.2 Å². The van der Waals surface area contributed by atoms with Crippen molar-refractivity contribution in [3.8, 4) is 0 Å². The summed E-state index contributed by atoms with van der Waals surface area (Å²) in [4.78, 5) is 2.97. The molecule has 0 fully saturated rings. The first-order valence-corrected chi connectivity index (χ1v) is 5.11. The van der Waals surface area contributed by atoms with Crippen molar-refractivity contribution in [2.45, 2.75) is 18.8 Å². The standard InChI is InChI=1S/C12H12F3N/c13-6-11(15)10(14)5-8-7-16-12-4-2-1-3-9(8)12/h1-4,7,10-11,16H,5-6H2/t10-,11-/m1/s1. The van der Waals surface area contributed by atoms with Gasteiger partial charge in [0.15, 0.2) is 6.17 Å². The number of aromatic nitrogens is 1. The monoisotopic (exact) mass is 227 g/mol. The topological polar surface area (TPSA) is 15.8 Å². The largest absolute Gasteiger partial charge is 0.361 e. The smallest absolute Gasteiger partial charge is 0.160 e. The number of fused-ring (bicyclic) bond motifs is 1. The molecule has 1 aromatic heterocycles. The van der Waals surface area contributed by atoms with E-state index in [0.29, 0.717) is 5.56 Å². The average molecular weight is 227 g/mol. The number of rotatable bonds is 4. The van der Waals surface area contributed by atoms with Gasteiger partial charge in [0, 0.05) is 23.5 Å². The van der Waals surface area contributed by atoms with E-state index in [9.17, 15) is 13.2 Å². The van der Waals surface area contributed by atoms with Gasteiger partial charge in [0.2, 0.25) is 0 Å². The third-order valence-corrected chi connectivity index (χ3v) is 2.63. The van der Waals surface area contributed by atoms with Crippen molar-refractivity contribution in [2.75, 3.05) is 6.67 Å². The normalized spacial score (nSPS) is 15.2. The molecule has 0 aliphatic rings. The number of benzene rings is 1. The molecule has 4 heteroatoms. The Balaban J connectivity index is 2.21. The van der Waals surface area contributed by atoms with Gasteiger partial charge in [-0.15, -0.1) is 0 Å². The van der Waals surface area contributed by atoms with Crippen molar-refractivity contribution in [2.24, 2.45) is 0 Å². The number of hydrogen-bond acceptors (Lipinski definition) is 0. The van der Waals surface area contributed by atoms with Crippen LogP contribution in [0.15, 0.2) is 30.5 Å². The maximum Gasteiger partial charge on any atom is 0.160 e. The van der Waals surface area contributed by atoms with Crippen LogP contribution in [0.25, 0.3) is 10.9 Å². The summed E-state index contributed by atoms with van der Waals surface area (Å²) in [5.41, 5.74) is 1.56. The van der Waals surface area contributed by atoms with E-state index in [1.54, 1.807) is 6.20 Å². The van der Waals surface area contributed by atoms with Crippen molar-refractivity contribution in [3.63, 3.8) is 0 Å². The number of aromatic amines is 1. The van der Waals surface area contributed by atoms with Gasteiger partial charge in [0.05, 0.1) is 0 Å². The highest BCUT2D eigenvalue weighted by Crippen LogP contribution is 2.21. The molecule has 0 unspecified atom stereocenters. The molecule has 0 saturated heterocycles. The molecule has 0 bridgehead atoms. The van der Waals surface area contributed by atoms with Crippen molar-refractivity contribution < 1.29 is 13.2 Å². The lowest BCUT2D eigenvalue weighted by Gasteiger charge is -2.09. The minimum absolute atomic E-state index is 0.102. The van der Waals surface area contributed by atoms with E-state index in [2.05, 4.69) is 4.98 Å². The van der Waals surface area contributed by atoms with Gasteiger partial charge in [-0.25, -0.2) is 13.2 Å². The highest BCUT2D eigenvalue weighted by Gasteiger charge is 2.21. The summed E-state index contributed by atoms with van der Waals surface area (Å²) in [6, 6.07) is 7.37. The Morgan fingerprint density at radius 1 is 1.12 bits per heavy atom. The molecule has 0 aliphatic heterocycles. The van der Waals surface area contributed by atoms with Gasteiger partial charge >= 0.3 is 0 Å². The summed E-state index contributed by atoms with van der Waals surface area (Å²) in [7, 11) is 0.